The number of aromatic nitrogens is 2. The van der Waals surface area contributed by atoms with Crippen molar-refractivity contribution in [3.8, 4) is 11.3 Å². The number of carbonyl (C=O) groups excluding carboxylic acids is 3. The minimum Gasteiger partial charge on any atom is -0.324 e. The van der Waals surface area contributed by atoms with E-state index >= 15 is 0 Å². The summed E-state index contributed by atoms with van der Waals surface area (Å²) in [4.78, 5) is 39.8. The van der Waals surface area contributed by atoms with Gasteiger partial charge in [-0.1, -0.05) is 30.3 Å². The summed E-state index contributed by atoms with van der Waals surface area (Å²) < 4.78 is 57.4. The molecular formula is C29H20F4N4O3. The van der Waals surface area contributed by atoms with Crippen molar-refractivity contribution >= 4 is 23.8 Å². The predicted molar refractivity (Wildman–Crippen MR) is 137 cm³/mol. The van der Waals surface area contributed by atoms with Crippen LogP contribution in [0.2, 0.25) is 0 Å². The maximum atomic E-state index is 14.9. The van der Waals surface area contributed by atoms with Gasteiger partial charge in [0.25, 0.3) is 17.7 Å². The first-order valence-corrected chi connectivity index (χ1v) is 12.0. The third-order valence-electron chi connectivity index (χ3n) is 6.40. The zero-order valence-corrected chi connectivity index (χ0v) is 20.9. The first-order valence-electron chi connectivity index (χ1n) is 12.0. The van der Waals surface area contributed by atoms with Crippen molar-refractivity contribution in [2.45, 2.75) is 6.18 Å². The van der Waals surface area contributed by atoms with E-state index in [-0.39, 0.29) is 33.5 Å². The minimum absolute atomic E-state index is 0.124. The Balaban J connectivity index is 1.50. The Morgan fingerprint density at radius 3 is 2.17 bits per heavy atom. The van der Waals surface area contributed by atoms with Gasteiger partial charge in [0.2, 0.25) is 0 Å². The van der Waals surface area contributed by atoms with Gasteiger partial charge >= 0.3 is 6.18 Å². The Bertz CT molecular complexity index is 1660. The highest BCUT2D eigenvalue weighted by molar-refractivity contribution is 6.21. The van der Waals surface area contributed by atoms with E-state index in [2.05, 4.69) is 10.4 Å². The Morgan fingerprint density at radius 2 is 1.57 bits per heavy atom. The molecule has 2 heterocycles. The van der Waals surface area contributed by atoms with E-state index in [4.69, 9.17) is 0 Å². The molecule has 1 aromatic heterocycles. The molecule has 0 aliphatic carbocycles. The van der Waals surface area contributed by atoms with Crippen molar-refractivity contribution in [3.05, 3.63) is 118 Å². The van der Waals surface area contributed by atoms with Crippen LogP contribution in [-0.2, 0) is 13.2 Å². The number of alkyl halides is 3. The lowest BCUT2D eigenvalue weighted by molar-refractivity contribution is -0.137. The molecule has 0 saturated heterocycles. The van der Waals surface area contributed by atoms with E-state index in [0.717, 1.165) is 23.1 Å². The zero-order chi connectivity index (χ0) is 28.6. The number of halogens is 4. The van der Waals surface area contributed by atoms with E-state index in [1.807, 2.05) is 0 Å². The van der Waals surface area contributed by atoms with Crippen LogP contribution in [0, 0.1) is 5.82 Å². The van der Waals surface area contributed by atoms with Gasteiger partial charge in [-0.15, -0.1) is 0 Å². The Labute approximate surface area is 225 Å². The van der Waals surface area contributed by atoms with Crippen LogP contribution in [0.1, 0.15) is 42.2 Å². The second-order valence-electron chi connectivity index (χ2n) is 8.99. The summed E-state index contributed by atoms with van der Waals surface area (Å²) in [6.45, 7) is -0.528. The average Bonchev–Trinajstić information content (AvgIpc) is 3.45. The van der Waals surface area contributed by atoms with Crippen molar-refractivity contribution in [2.75, 3.05) is 6.54 Å². The van der Waals surface area contributed by atoms with Crippen molar-refractivity contribution in [1.82, 2.24) is 20.0 Å². The fraction of sp³-hybridized carbons (Fsp3) is 0.103. The molecule has 0 bridgehead atoms. The number of hydrogen-bond donors (Lipinski definition) is 1. The molecule has 1 N–H and O–H groups in total. The third kappa shape index (κ3) is 5.00. The van der Waals surface area contributed by atoms with Crippen LogP contribution < -0.4 is 5.32 Å². The van der Waals surface area contributed by atoms with Gasteiger partial charge in [-0.25, -0.2) is 4.39 Å². The molecule has 1 aliphatic rings. The molecule has 3 amide bonds. The number of nitrogens with one attached hydrogen (secondary N) is 1. The van der Waals surface area contributed by atoms with E-state index < -0.39 is 41.8 Å². The van der Waals surface area contributed by atoms with E-state index in [9.17, 15) is 31.9 Å². The molecule has 0 unspecified atom stereocenters. The second kappa shape index (κ2) is 10.3. The standard InChI is InChI=1S/C29H20F4N4O3/c1-36-25(12-13-34-36)22-11-10-18(15-24(22)30)26(38)35-19(14-17-6-2-5-9-23(17)29(31,32)33)16-37-27(39)20-7-3-4-8-21(20)28(37)40/h2-15H,16H2,1H3,(H,35,38)/b19-14+. The second-order valence-corrected chi connectivity index (χ2v) is 8.99. The van der Waals surface area contributed by atoms with Crippen LogP contribution in [0.25, 0.3) is 17.3 Å². The molecule has 3 aromatic carbocycles. The van der Waals surface area contributed by atoms with Gasteiger partial charge in [0.15, 0.2) is 0 Å². The molecule has 1 aliphatic heterocycles. The van der Waals surface area contributed by atoms with Gasteiger partial charge in [0, 0.05) is 30.1 Å². The topological polar surface area (TPSA) is 84.3 Å². The number of imide groups is 1. The highest BCUT2D eigenvalue weighted by Crippen LogP contribution is 2.33. The third-order valence-corrected chi connectivity index (χ3v) is 6.40. The smallest absolute Gasteiger partial charge is 0.324 e. The molecular weight excluding hydrogens is 528 g/mol. The average molecular weight is 548 g/mol. The van der Waals surface area contributed by atoms with Gasteiger partial charge in [-0.05, 0) is 54.1 Å². The molecule has 0 fully saturated rings. The molecule has 11 heteroatoms. The predicted octanol–water partition coefficient (Wildman–Crippen LogP) is 5.31. The Kier molecular flexibility index (Phi) is 6.80. The van der Waals surface area contributed by atoms with E-state index in [1.165, 1.54) is 53.3 Å². The number of rotatable bonds is 6. The van der Waals surface area contributed by atoms with E-state index in [1.54, 1.807) is 25.2 Å². The first kappa shape index (κ1) is 26.5. The molecule has 5 rings (SSSR count). The zero-order valence-electron chi connectivity index (χ0n) is 20.9. The summed E-state index contributed by atoms with van der Waals surface area (Å²) >= 11 is 0. The monoisotopic (exact) mass is 548 g/mol. The number of carbonyl (C=O) groups is 3. The summed E-state index contributed by atoms with van der Waals surface area (Å²) in [6, 6.07) is 16.1. The Morgan fingerprint density at radius 1 is 0.925 bits per heavy atom. The lowest BCUT2D eigenvalue weighted by Crippen LogP contribution is -2.36. The summed E-state index contributed by atoms with van der Waals surface area (Å²) in [5, 5.41) is 6.47. The van der Waals surface area contributed by atoms with Crippen LogP contribution in [0.3, 0.4) is 0 Å². The number of aryl methyl sites for hydroxylation is 1. The number of benzene rings is 3. The SMILES string of the molecule is Cn1nccc1-c1ccc(C(=O)N/C(=C/c2ccccc2C(F)(F)F)CN2C(=O)c3ccccc3C2=O)cc1F. The highest BCUT2D eigenvalue weighted by atomic mass is 19.4. The fourth-order valence-electron chi connectivity index (χ4n) is 4.46. The van der Waals surface area contributed by atoms with Crippen LogP contribution in [0.15, 0.2) is 84.7 Å². The quantitative estimate of drug-likeness (QED) is 0.262. The fourth-order valence-corrected chi connectivity index (χ4v) is 4.46. The lowest BCUT2D eigenvalue weighted by atomic mass is 10.0. The number of fused-ring (bicyclic) bond motifs is 1. The van der Waals surface area contributed by atoms with Gasteiger partial charge < -0.3 is 5.32 Å². The van der Waals surface area contributed by atoms with Crippen LogP contribution in [-0.4, -0.2) is 38.9 Å². The van der Waals surface area contributed by atoms with Gasteiger partial charge in [0.05, 0.1) is 28.9 Å². The Hall–Kier alpha value is -5.06. The number of nitrogens with zero attached hydrogens (tertiary/aromatic N) is 3. The minimum atomic E-state index is -4.71. The maximum absolute atomic E-state index is 14.9. The van der Waals surface area contributed by atoms with Crippen molar-refractivity contribution < 1.29 is 31.9 Å². The van der Waals surface area contributed by atoms with Crippen LogP contribution in [0.5, 0.6) is 0 Å². The van der Waals surface area contributed by atoms with E-state index in [0.29, 0.717) is 5.69 Å². The van der Waals surface area contributed by atoms with Crippen molar-refractivity contribution in [1.29, 1.82) is 0 Å². The first-order chi connectivity index (χ1) is 19.0. The largest absolute Gasteiger partial charge is 0.416 e. The van der Waals surface area contributed by atoms with Gasteiger partial charge in [-0.3, -0.25) is 24.0 Å². The molecule has 0 radical (unpaired) electrons. The molecule has 7 nitrogen and oxygen atoms in total. The molecule has 0 spiro atoms. The lowest BCUT2D eigenvalue weighted by Gasteiger charge is -2.19. The maximum Gasteiger partial charge on any atom is 0.416 e. The van der Waals surface area contributed by atoms with Crippen LogP contribution in [0.4, 0.5) is 17.6 Å². The normalized spacial score (nSPS) is 13.5. The van der Waals surface area contributed by atoms with Gasteiger partial charge in [0.1, 0.15) is 5.82 Å². The highest BCUT2D eigenvalue weighted by Gasteiger charge is 2.36. The van der Waals surface area contributed by atoms with Crippen molar-refractivity contribution in [2.24, 2.45) is 7.05 Å². The van der Waals surface area contributed by atoms with Crippen LogP contribution >= 0.6 is 0 Å². The molecule has 40 heavy (non-hydrogen) atoms. The summed E-state index contributed by atoms with van der Waals surface area (Å²) in [6.07, 6.45) is -2.17. The molecule has 4 aromatic rings. The summed E-state index contributed by atoms with van der Waals surface area (Å²) in [7, 11) is 1.63. The summed E-state index contributed by atoms with van der Waals surface area (Å²) in [5.74, 6) is -2.87. The summed E-state index contributed by atoms with van der Waals surface area (Å²) in [5.41, 5.74) is -0.622. The van der Waals surface area contributed by atoms with Gasteiger partial charge in [-0.2, -0.15) is 18.3 Å². The molecule has 0 atom stereocenters. The van der Waals surface area contributed by atoms with Crippen molar-refractivity contribution in [3.63, 3.8) is 0 Å². The number of hydrogen-bond acceptors (Lipinski definition) is 4. The molecule has 202 valence electrons. The molecule has 0 saturated carbocycles. The number of amides is 3.